The summed E-state index contributed by atoms with van der Waals surface area (Å²) in [7, 11) is 0. The van der Waals surface area contributed by atoms with Gasteiger partial charge in [0, 0.05) is 39.3 Å². The van der Waals surface area contributed by atoms with Crippen molar-refractivity contribution in [3.63, 3.8) is 0 Å². The number of nitrogens with one attached hydrogen (secondary N) is 2. The van der Waals surface area contributed by atoms with Gasteiger partial charge in [-0.3, -0.25) is 14.5 Å². The molecule has 0 aromatic carbocycles. The van der Waals surface area contributed by atoms with E-state index < -0.39 is 86.3 Å². The first-order valence-corrected chi connectivity index (χ1v) is 20.6. The van der Waals surface area contributed by atoms with Gasteiger partial charge in [-0.15, -0.1) is 10.2 Å². The van der Waals surface area contributed by atoms with Gasteiger partial charge in [-0.25, -0.2) is 9.36 Å². The third kappa shape index (κ3) is 15.9. The number of carbonyl (C=O) groups excluding carboxylic acids is 2. The number of unbranched alkanes of at least 4 members (excludes halogenated alkanes) is 4. The van der Waals surface area contributed by atoms with Crippen LogP contribution in [0.15, 0.2) is 12.4 Å². The second kappa shape index (κ2) is 26.2. The summed E-state index contributed by atoms with van der Waals surface area (Å²) in [6, 6.07) is -2.05. The Morgan fingerprint density at radius 3 is 1.55 bits per heavy atom. The molecule has 0 saturated carbocycles. The number of rotatable bonds is 28. The molecule has 2 aliphatic rings. The third-order valence-corrected chi connectivity index (χ3v) is 9.97. The predicted molar refractivity (Wildman–Crippen MR) is 207 cm³/mol. The second-order valence-corrected chi connectivity index (χ2v) is 14.9. The SMILES string of the molecule is CCCCCCCN(Cc1cn(CCOCCOC2OC(CO)C(O)C(O)C2NC(C)=O)nn1)Cc1cn(CCOCCOC2OC(CO)C(O)C(O)C2NC(C)=O)nn1. The topological polar surface area (TPSA) is 300 Å². The van der Waals surface area contributed by atoms with Crippen LogP contribution in [0.4, 0.5) is 0 Å². The molecule has 0 bridgehead atoms. The predicted octanol–water partition coefficient (Wildman–Crippen LogP) is -3.20. The molecule has 4 heterocycles. The molecule has 10 atom stereocenters. The molecular weight excluding hydrogens is 794 g/mol. The maximum absolute atomic E-state index is 11.6. The van der Waals surface area contributed by atoms with Crippen LogP contribution in [-0.4, -0.2) is 198 Å². The molecule has 2 amide bonds. The lowest BCUT2D eigenvalue weighted by Crippen LogP contribution is -2.64. The van der Waals surface area contributed by atoms with Crippen LogP contribution in [0, 0.1) is 0 Å². The van der Waals surface area contributed by atoms with E-state index in [4.69, 9.17) is 28.4 Å². The first-order valence-electron chi connectivity index (χ1n) is 20.6. The highest BCUT2D eigenvalue weighted by Crippen LogP contribution is 2.23. The van der Waals surface area contributed by atoms with Crippen LogP contribution in [0.5, 0.6) is 0 Å². The molecule has 2 saturated heterocycles. The lowest BCUT2D eigenvalue weighted by atomic mass is 9.97. The maximum atomic E-state index is 11.6. The van der Waals surface area contributed by atoms with E-state index in [0.29, 0.717) is 39.4 Å². The fourth-order valence-electron chi connectivity index (χ4n) is 6.84. The van der Waals surface area contributed by atoms with Gasteiger partial charge >= 0.3 is 0 Å². The molecular formula is C37H65N9O14. The minimum absolute atomic E-state index is 0.0648. The van der Waals surface area contributed by atoms with Gasteiger partial charge in [-0.2, -0.15) is 0 Å². The van der Waals surface area contributed by atoms with Crippen molar-refractivity contribution in [2.24, 2.45) is 0 Å². The average Bonchev–Trinajstić information content (AvgIpc) is 3.87. The molecule has 2 fully saturated rings. The van der Waals surface area contributed by atoms with Gasteiger partial charge in [0.25, 0.3) is 0 Å². The Kier molecular flexibility index (Phi) is 21.6. The van der Waals surface area contributed by atoms with E-state index in [-0.39, 0.29) is 26.4 Å². The molecule has 0 aliphatic carbocycles. The number of carbonyl (C=O) groups is 2. The van der Waals surface area contributed by atoms with Crippen LogP contribution >= 0.6 is 0 Å². The molecule has 8 N–H and O–H groups in total. The molecule has 342 valence electrons. The van der Waals surface area contributed by atoms with Crippen molar-refractivity contribution >= 4 is 11.8 Å². The number of hydrogen-bond donors (Lipinski definition) is 8. The van der Waals surface area contributed by atoms with Crippen LogP contribution < -0.4 is 10.6 Å². The fourth-order valence-corrected chi connectivity index (χ4v) is 6.84. The molecule has 60 heavy (non-hydrogen) atoms. The van der Waals surface area contributed by atoms with Crippen LogP contribution in [-0.2, 0) is 64.2 Å². The lowest BCUT2D eigenvalue weighted by molar-refractivity contribution is -0.272. The highest BCUT2D eigenvalue weighted by molar-refractivity contribution is 5.73. The minimum atomic E-state index is -1.39. The van der Waals surface area contributed by atoms with E-state index in [1.807, 2.05) is 12.4 Å². The first kappa shape index (κ1) is 49.4. The Morgan fingerprint density at radius 2 is 1.13 bits per heavy atom. The largest absolute Gasteiger partial charge is 0.394 e. The van der Waals surface area contributed by atoms with Crippen molar-refractivity contribution in [3.05, 3.63) is 23.8 Å². The van der Waals surface area contributed by atoms with E-state index in [0.717, 1.165) is 37.2 Å². The number of aliphatic hydroxyl groups is 6. The summed E-state index contributed by atoms with van der Waals surface area (Å²) in [5.41, 5.74) is 1.57. The van der Waals surface area contributed by atoms with Gasteiger partial charge in [0.05, 0.1) is 77.3 Å². The summed E-state index contributed by atoms with van der Waals surface area (Å²) in [6.45, 7) is 7.55. The van der Waals surface area contributed by atoms with Crippen molar-refractivity contribution in [1.82, 2.24) is 45.5 Å². The summed E-state index contributed by atoms with van der Waals surface area (Å²) in [4.78, 5) is 25.5. The zero-order chi connectivity index (χ0) is 43.4. The normalized spacial score (nSPS) is 27.0. The summed E-state index contributed by atoms with van der Waals surface area (Å²) < 4.78 is 37.3. The van der Waals surface area contributed by atoms with Crippen LogP contribution in [0.3, 0.4) is 0 Å². The molecule has 2 aliphatic heterocycles. The fraction of sp³-hybridized carbons (Fsp3) is 0.838. The van der Waals surface area contributed by atoms with Crippen molar-refractivity contribution in [2.45, 2.75) is 140 Å². The highest BCUT2D eigenvalue weighted by atomic mass is 16.7. The maximum Gasteiger partial charge on any atom is 0.217 e. The summed E-state index contributed by atoms with van der Waals surface area (Å²) in [5.74, 6) is -0.872. The van der Waals surface area contributed by atoms with Crippen molar-refractivity contribution < 1.29 is 68.6 Å². The van der Waals surface area contributed by atoms with Gasteiger partial charge < -0.3 is 69.7 Å². The molecule has 0 radical (unpaired) electrons. The number of aliphatic hydroxyl groups excluding tert-OH is 6. The molecule has 2 aromatic heterocycles. The Bertz CT molecular complexity index is 1420. The number of nitrogens with zero attached hydrogens (tertiary/aromatic N) is 7. The molecule has 23 heteroatoms. The number of hydrogen-bond acceptors (Lipinski definition) is 19. The number of aromatic nitrogens is 6. The third-order valence-electron chi connectivity index (χ3n) is 9.97. The van der Waals surface area contributed by atoms with E-state index >= 15 is 0 Å². The smallest absolute Gasteiger partial charge is 0.217 e. The van der Waals surface area contributed by atoms with Crippen LogP contribution in [0.25, 0.3) is 0 Å². The van der Waals surface area contributed by atoms with Crippen molar-refractivity contribution in [2.75, 3.05) is 59.4 Å². The van der Waals surface area contributed by atoms with Gasteiger partial charge in [0.15, 0.2) is 12.6 Å². The Labute approximate surface area is 349 Å². The summed E-state index contributed by atoms with van der Waals surface area (Å²) >= 11 is 0. The van der Waals surface area contributed by atoms with Crippen LogP contribution in [0.2, 0.25) is 0 Å². The van der Waals surface area contributed by atoms with Gasteiger partial charge in [0.1, 0.15) is 48.7 Å². The van der Waals surface area contributed by atoms with Crippen molar-refractivity contribution in [3.8, 4) is 0 Å². The van der Waals surface area contributed by atoms with Crippen LogP contribution in [0.1, 0.15) is 64.3 Å². The first-order chi connectivity index (χ1) is 28.9. The lowest BCUT2D eigenvalue weighted by Gasteiger charge is -2.42. The van der Waals surface area contributed by atoms with E-state index in [9.17, 15) is 40.2 Å². The van der Waals surface area contributed by atoms with E-state index in [1.165, 1.54) is 26.7 Å². The quantitative estimate of drug-likeness (QED) is 0.0391. The monoisotopic (exact) mass is 859 g/mol. The minimum Gasteiger partial charge on any atom is -0.394 e. The number of ether oxygens (including phenoxy) is 6. The molecule has 23 nitrogen and oxygen atoms in total. The summed E-state index contributed by atoms with van der Waals surface area (Å²) in [5, 5.41) is 82.5. The summed E-state index contributed by atoms with van der Waals surface area (Å²) in [6.07, 6.45) is -0.494. The second-order valence-electron chi connectivity index (χ2n) is 14.9. The van der Waals surface area contributed by atoms with Gasteiger partial charge in [-0.05, 0) is 13.0 Å². The molecule has 4 rings (SSSR count). The number of amides is 2. The van der Waals surface area contributed by atoms with E-state index in [1.54, 1.807) is 9.36 Å². The van der Waals surface area contributed by atoms with Gasteiger partial charge in [-0.1, -0.05) is 43.0 Å². The molecule has 10 unspecified atom stereocenters. The zero-order valence-electron chi connectivity index (χ0n) is 34.7. The molecule has 2 aromatic rings. The Morgan fingerprint density at radius 1 is 0.683 bits per heavy atom. The van der Waals surface area contributed by atoms with Gasteiger partial charge in [0.2, 0.25) is 11.8 Å². The Balaban J connectivity index is 1.18. The van der Waals surface area contributed by atoms with E-state index in [2.05, 4.69) is 43.1 Å². The standard InChI is InChI=1S/C37H65N9O14/c1-4-5-6-7-8-9-44(18-26-20-45(42-40-26)10-12-55-14-16-57-36-30(38-24(2)49)34(53)32(51)28(22-47)59-36)19-27-21-46(43-41-27)11-13-56-15-17-58-37-31(39-25(3)50)35(54)33(52)29(23-48)60-37/h20-21,28-37,47-48,51-54H,4-19,22-23H2,1-3H3,(H,38,49)(H,39,50). The zero-order valence-corrected chi connectivity index (χ0v) is 34.7. The van der Waals surface area contributed by atoms with Crippen molar-refractivity contribution in [1.29, 1.82) is 0 Å². The average molecular weight is 860 g/mol. The Hall–Kier alpha value is -3.30. The molecule has 0 spiro atoms. The highest BCUT2D eigenvalue weighted by Gasteiger charge is 2.46.